The molecule has 0 spiro atoms. The van der Waals surface area contributed by atoms with Gasteiger partial charge >= 0.3 is 0 Å². The fourth-order valence-electron chi connectivity index (χ4n) is 4.01. The first kappa shape index (κ1) is 23.8. The molecule has 1 saturated heterocycles. The van der Waals surface area contributed by atoms with Crippen molar-refractivity contribution in [3.63, 3.8) is 0 Å². The summed E-state index contributed by atoms with van der Waals surface area (Å²) in [6.07, 6.45) is 0.724. The van der Waals surface area contributed by atoms with Gasteiger partial charge in [-0.25, -0.2) is 0 Å². The summed E-state index contributed by atoms with van der Waals surface area (Å²) in [6, 6.07) is 13.1. The summed E-state index contributed by atoms with van der Waals surface area (Å²) in [6.45, 7) is 7.27. The van der Waals surface area contributed by atoms with Crippen LogP contribution in [0.15, 0.2) is 54.1 Å². The van der Waals surface area contributed by atoms with Crippen LogP contribution in [0.3, 0.4) is 0 Å². The van der Waals surface area contributed by atoms with Gasteiger partial charge in [-0.3, -0.25) is 9.59 Å². The first-order chi connectivity index (χ1) is 15.4. The van der Waals surface area contributed by atoms with Gasteiger partial charge in [0.25, 0.3) is 11.7 Å². The van der Waals surface area contributed by atoms with E-state index < -0.39 is 17.7 Å². The number of nitrogens with zero attached hydrogens (tertiary/aromatic N) is 2. The zero-order valence-electron chi connectivity index (χ0n) is 18.7. The van der Waals surface area contributed by atoms with Crippen LogP contribution in [0.4, 0.5) is 0 Å². The number of aliphatic hydroxyl groups is 1. The van der Waals surface area contributed by atoms with Gasteiger partial charge in [0.15, 0.2) is 0 Å². The molecule has 0 radical (unpaired) electrons. The van der Waals surface area contributed by atoms with Gasteiger partial charge in [0, 0.05) is 17.1 Å². The van der Waals surface area contributed by atoms with Gasteiger partial charge in [-0.05, 0) is 68.0 Å². The number of aliphatic hydroxyl groups excluding tert-OH is 1. The fraction of sp³-hybridized carbons (Fsp3) is 0.360. The first-order valence-electron chi connectivity index (χ1n) is 10.8. The molecule has 1 amide bonds. The van der Waals surface area contributed by atoms with E-state index in [0.717, 1.165) is 31.6 Å². The summed E-state index contributed by atoms with van der Waals surface area (Å²) in [4.78, 5) is 29.9. The number of ether oxygens (including phenoxy) is 1. The number of methoxy groups -OCH3 is 1. The van der Waals surface area contributed by atoms with Gasteiger partial charge in [-0.15, -0.1) is 0 Å². The van der Waals surface area contributed by atoms with E-state index in [1.54, 1.807) is 60.5 Å². The van der Waals surface area contributed by atoms with Crippen LogP contribution < -0.4 is 4.74 Å². The Morgan fingerprint density at radius 2 is 1.69 bits per heavy atom. The van der Waals surface area contributed by atoms with Crippen molar-refractivity contribution < 1.29 is 19.4 Å². The molecule has 1 N–H and O–H groups in total. The van der Waals surface area contributed by atoms with Crippen molar-refractivity contribution in [2.24, 2.45) is 0 Å². The molecule has 1 aliphatic heterocycles. The molecule has 32 heavy (non-hydrogen) atoms. The summed E-state index contributed by atoms with van der Waals surface area (Å²) in [5.74, 6) is -0.842. The zero-order chi connectivity index (χ0) is 23.3. The van der Waals surface area contributed by atoms with Crippen LogP contribution >= 0.6 is 11.6 Å². The normalized spacial score (nSPS) is 17.9. The molecule has 0 saturated carbocycles. The molecule has 170 valence electrons. The fourth-order valence-corrected chi connectivity index (χ4v) is 4.14. The average Bonchev–Trinajstić information content (AvgIpc) is 3.07. The number of amides is 1. The number of hydrogen-bond acceptors (Lipinski definition) is 5. The molecule has 1 aliphatic rings. The van der Waals surface area contributed by atoms with Crippen molar-refractivity contribution in [2.75, 3.05) is 33.3 Å². The Labute approximate surface area is 194 Å². The molecule has 2 aromatic carbocycles. The first-order valence-corrected chi connectivity index (χ1v) is 11.2. The molecule has 0 unspecified atom stereocenters. The Bertz CT molecular complexity index is 982. The van der Waals surface area contributed by atoms with Gasteiger partial charge in [-0.2, -0.15) is 0 Å². The summed E-state index contributed by atoms with van der Waals surface area (Å²) in [5.41, 5.74) is 1.27. The predicted molar refractivity (Wildman–Crippen MR) is 126 cm³/mol. The number of carbonyl (C=O) groups excluding carboxylic acids is 2. The number of halogens is 1. The molecule has 1 heterocycles. The second-order valence-electron chi connectivity index (χ2n) is 7.65. The summed E-state index contributed by atoms with van der Waals surface area (Å²) in [7, 11) is 1.55. The Kier molecular flexibility index (Phi) is 7.94. The Hall–Kier alpha value is -2.83. The number of benzene rings is 2. The van der Waals surface area contributed by atoms with Crippen LogP contribution in [0.1, 0.15) is 37.4 Å². The van der Waals surface area contributed by atoms with Crippen molar-refractivity contribution in [3.05, 3.63) is 70.3 Å². The minimum absolute atomic E-state index is 0.0883. The van der Waals surface area contributed by atoms with E-state index in [-0.39, 0.29) is 11.3 Å². The molecule has 1 fully saturated rings. The Balaban J connectivity index is 2.01. The third-order valence-corrected chi connectivity index (χ3v) is 6.11. The lowest BCUT2D eigenvalue weighted by atomic mass is 9.95. The van der Waals surface area contributed by atoms with E-state index in [4.69, 9.17) is 16.3 Å². The number of Topliss-reactive ketones (excluding diaryl/α,β-unsaturated/α-hetero) is 1. The van der Waals surface area contributed by atoms with Gasteiger partial charge in [0.2, 0.25) is 0 Å². The highest BCUT2D eigenvalue weighted by molar-refractivity contribution is 6.46. The third-order valence-electron chi connectivity index (χ3n) is 5.86. The lowest BCUT2D eigenvalue weighted by Crippen LogP contribution is -2.33. The van der Waals surface area contributed by atoms with E-state index in [0.29, 0.717) is 22.9 Å². The monoisotopic (exact) mass is 456 g/mol. The minimum Gasteiger partial charge on any atom is -0.507 e. The maximum atomic E-state index is 13.0. The van der Waals surface area contributed by atoms with Crippen molar-refractivity contribution in [3.8, 4) is 5.75 Å². The summed E-state index contributed by atoms with van der Waals surface area (Å²) < 4.78 is 5.17. The third kappa shape index (κ3) is 4.97. The highest BCUT2D eigenvalue weighted by Gasteiger charge is 2.45. The smallest absolute Gasteiger partial charge is 0.295 e. The molecular formula is C25H29ClN2O4. The second kappa shape index (κ2) is 10.7. The van der Waals surface area contributed by atoms with E-state index in [9.17, 15) is 14.7 Å². The van der Waals surface area contributed by atoms with Gasteiger partial charge in [0.1, 0.15) is 11.5 Å². The maximum Gasteiger partial charge on any atom is 0.295 e. The second-order valence-corrected chi connectivity index (χ2v) is 8.09. The molecule has 0 aromatic heterocycles. The zero-order valence-corrected chi connectivity index (χ0v) is 19.4. The van der Waals surface area contributed by atoms with Gasteiger partial charge in [0.05, 0.1) is 18.7 Å². The van der Waals surface area contributed by atoms with Crippen LogP contribution in [0.2, 0.25) is 5.02 Å². The van der Waals surface area contributed by atoms with E-state index in [1.165, 1.54) is 0 Å². The molecule has 0 bridgehead atoms. The van der Waals surface area contributed by atoms with Crippen molar-refractivity contribution in [1.82, 2.24) is 9.80 Å². The van der Waals surface area contributed by atoms with Crippen LogP contribution in [-0.4, -0.2) is 59.9 Å². The van der Waals surface area contributed by atoms with Crippen molar-refractivity contribution in [2.45, 2.75) is 26.3 Å². The van der Waals surface area contributed by atoms with E-state index in [2.05, 4.69) is 18.7 Å². The molecule has 6 nitrogen and oxygen atoms in total. The standard InChI is InChI=1S/C25H29ClN2O4/c1-4-27(5-2)15-6-16-28-22(17-7-11-19(26)12-8-17)21(24(30)25(28)31)23(29)18-9-13-20(32-3)14-10-18/h7-14,22,29H,4-6,15-16H2,1-3H3/b23-21+/t22-/m1/s1. The summed E-state index contributed by atoms with van der Waals surface area (Å²) >= 11 is 6.06. The van der Waals surface area contributed by atoms with Crippen LogP contribution in [0.25, 0.3) is 5.76 Å². The van der Waals surface area contributed by atoms with E-state index >= 15 is 0 Å². The van der Waals surface area contributed by atoms with Crippen molar-refractivity contribution in [1.29, 1.82) is 0 Å². The number of ketones is 1. The highest BCUT2D eigenvalue weighted by Crippen LogP contribution is 2.39. The number of likely N-dealkylation sites (tertiary alicyclic amines) is 1. The molecular weight excluding hydrogens is 428 g/mol. The SMILES string of the molecule is CCN(CC)CCCN1C(=O)C(=O)/C(=C(/O)c2ccc(OC)cc2)[C@H]1c1ccc(Cl)cc1. The van der Waals surface area contributed by atoms with E-state index in [1.807, 2.05) is 0 Å². The maximum absolute atomic E-state index is 13.0. The minimum atomic E-state index is -0.680. The lowest BCUT2D eigenvalue weighted by molar-refractivity contribution is -0.140. The van der Waals surface area contributed by atoms with Crippen molar-refractivity contribution >= 4 is 29.1 Å². The number of hydrogen-bond donors (Lipinski definition) is 1. The molecule has 2 aromatic rings. The van der Waals surface area contributed by atoms with Crippen LogP contribution in [0, 0.1) is 0 Å². The average molecular weight is 457 g/mol. The van der Waals surface area contributed by atoms with Crippen LogP contribution in [-0.2, 0) is 9.59 Å². The molecule has 7 heteroatoms. The predicted octanol–water partition coefficient (Wildman–Crippen LogP) is 4.50. The highest BCUT2D eigenvalue weighted by atomic mass is 35.5. The van der Waals surface area contributed by atoms with Crippen LogP contribution in [0.5, 0.6) is 5.75 Å². The molecule has 1 atom stereocenters. The summed E-state index contributed by atoms with van der Waals surface area (Å²) in [5, 5.41) is 11.6. The largest absolute Gasteiger partial charge is 0.507 e. The lowest BCUT2D eigenvalue weighted by Gasteiger charge is -2.26. The molecule has 3 rings (SSSR count). The molecule has 0 aliphatic carbocycles. The number of carbonyl (C=O) groups is 2. The topological polar surface area (TPSA) is 70.1 Å². The number of rotatable bonds is 9. The Morgan fingerprint density at radius 3 is 2.25 bits per heavy atom. The van der Waals surface area contributed by atoms with Gasteiger partial charge in [-0.1, -0.05) is 37.6 Å². The Morgan fingerprint density at radius 1 is 1.06 bits per heavy atom. The quantitative estimate of drug-likeness (QED) is 0.341. The van der Waals surface area contributed by atoms with Gasteiger partial charge < -0.3 is 19.6 Å².